The Labute approximate surface area is 267 Å². The summed E-state index contributed by atoms with van der Waals surface area (Å²) >= 11 is 1.47. The van der Waals surface area contributed by atoms with Gasteiger partial charge in [0.15, 0.2) is 0 Å². The molecule has 0 aromatic carbocycles. The number of ether oxygens (including phenoxy) is 1. The number of anilines is 2. The number of rotatable bonds is 8. The van der Waals surface area contributed by atoms with Crippen molar-refractivity contribution < 1.29 is 14.1 Å². The standard InChI is InChI=1S/C31H40N10O3S/c1-5-25(42)41-15-13-40(14-16-41)24-17-22(34-30(35-24)43-20(2)19-39-11-9-38(4)10-12-39)28-36-29(44-37-28)31(3)8-6-7-23-26(31)21(18-32)27(33)45-23/h5,17,20H,1,6-16,19,33H2,2-4H3/t20?,31-/m0/s1. The summed E-state index contributed by atoms with van der Waals surface area (Å²) in [7, 11) is 2.14. The molecule has 6 rings (SSSR count). The van der Waals surface area contributed by atoms with E-state index in [0.717, 1.165) is 62.4 Å². The van der Waals surface area contributed by atoms with Gasteiger partial charge in [0, 0.05) is 75.4 Å². The first kappa shape index (κ1) is 30.9. The number of hydrogen-bond donors (Lipinski definition) is 1. The van der Waals surface area contributed by atoms with Crippen LogP contribution in [-0.4, -0.2) is 113 Å². The van der Waals surface area contributed by atoms with Gasteiger partial charge in [-0.2, -0.15) is 20.2 Å². The van der Waals surface area contributed by atoms with Crippen molar-refractivity contribution in [3.63, 3.8) is 0 Å². The first-order valence-corrected chi connectivity index (χ1v) is 16.3. The molecule has 3 aromatic rings. The second-order valence-corrected chi connectivity index (χ2v) is 13.4. The summed E-state index contributed by atoms with van der Waals surface area (Å²) in [5, 5.41) is 14.8. The molecule has 0 bridgehead atoms. The minimum atomic E-state index is -0.641. The molecule has 0 saturated carbocycles. The van der Waals surface area contributed by atoms with Crippen molar-refractivity contribution in [2.45, 2.75) is 44.6 Å². The molecule has 45 heavy (non-hydrogen) atoms. The molecule has 2 atom stereocenters. The van der Waals surface area contributed by atoms with Crippen molar-refractivity contribution >= 4 is 28.1 Å². The van der Waals surface area contributed by atoms with Crippen LogP contribution in [0.5, 0.6) is 6.01 Å². The fourth-order valence-electron chi connectivity index (χ4n) is 6.50. The second-order valence-electron chi connectivity index (χ2n) is 12.3. The number of carbonyl (C=O) groups excluding carboxylic acids is 1. The quantitative estimate of drug-likeness (QED) is 0.363. The molecule has 3 aliphatic rings. The van der Waals surface area contributed by atoms with Crippen LogP contribution in [0, 0.1) is 11.3 Å². The van der Waals surface area contributed by atoms with Gasteiger partial charge in [0.2, 0.25) is 17.6 Å². The number of fused-ring (bicyclic) bond motifs is 1. The van der Waals surface area contributed by atoms with Crippen molar-refractivity contribution in [3.8, 4) is 23.6 Å². The van der Waals surface area contributed by atoms with Gasteiger partial charge in [0.25, 0.3) is 0 Å². The highest BCUT2D eigenvalue weighted by Gasteiger charge is 2.43. The van der Waals surface area contributed by atoms with E-state index in [4.69, 9.17) is 29.9 Å². The summed E-state index contributed by atoms with van der Waals surface area (Å²) in [6.45, 7) is 14.8. The van der Waals surface area contributed by atoms with Crippen LogP contribution in [0.25, 0.3) is 11.5 Å². The number of nitrogen functional groups attached to an aromatic ring is 1. The van der Waals surface area contributed by atoms with Crippen LogP contribution in [0.2, 0.25) is 0 Å². The molecule has 14 heteroatoms. The van der Waals surface area contributed by atoms with Crippen LogP contribution in [0.15, 0.2) is 23.2 Å². The van der Waals surface area contributed by atoms with E-state index in [1.807, 2.05) is 19.9 Å². The van der Waals surface area contributed by atoms with Gasteiger partial charge in [-0.1, -0.05) is 11.7 Å². The minimum Gasteiger partial charge on any atom is -0.459 e. The molecule has 0 spiro atoms. The van der Waals surface area contributed by atoms with Gasteiger partial charge in [-0.25, -0.2) is 0 Å². The Hall–Kier alpha value is -4.06. The molecule has 13 nitrogen and oxygen atoms in total. The predicted octanol–water partition coefficient (Wildman–Crippen LogP) is 2.53. The lowest BCUT2D eigenvalue weighted by Gasteiger charge is -2.35. The fraction of sp³-hybridized carbons (Fsp3) is 0.548. The third-order valence-electron chi connectivity index (χ3n) is 9.08. The van der Waals surface area contributed by atoms with Gasteiger partial charge in [-0.15, -0.1) is 11.3 Å². The zero-order valence-corrected chi connectivity index (χ0v) is 27.0. The van der Waals surface area contributed by atoms with Crippen LogP contribution < -0.4 is 15.4 Å². The number of nitriles is 1. The van der Waals surface area contributed by atoms with Gasteiger partial charge in [-0.3, -0.25) is 9.69 Å². The lowest BCUT2D eigenvalue weighted by Crippen LogP contribution is -2.48. The topological polar surface area (TPSA) is 154 Å². The summed E-state index contributed by atoms with van der Waals surface area (Å²) in [6.07, 6.45) is 3.75. The molecule has 0 radical (unpaired) electrons. The summed E-state index contributed by atoms with van der Waals surface area (Å²) in [6, 6.07) is 4.38. The number of aryl methyl sites for hydroxylation is 1. The van der Waals surface area contributed by atoms with Crippen LogP contribution in [0.4, 0.5) is 10.8 Å². The van der Waals surface area contributed by atoms with Crippen LogP contribution in [0.1, 0.15) is 48.6 Å². The van der Waals surface area contributed by atoms with E-state index in [1.54, 1.807) is 4.90 Å². The van der Waals surface area contributed by atoms with Crippen molar-refractivity contribution in [2.75, 3.05) is 76.6 Å². The molecule has 2 fully saturated rings. The molecule has 1 unspecified atom stereocenters. The van der Waals surface area contributed by atoms with E-state index in [-0.39, 0.29) is 18.0 Å². The average molecular weight is 633 g/mol. The first-order valence-electron chi connectivity index (χ1n) is 15.5. The van der Waals surface area contributed by atoms with E-state index < -0.39 is 5.41 Å². The Bertz CT molecular complexity index is 1600. The Morgan fingerprint density at radius 1 is 1.22 bits per heavy atom. The van der Waals surface area contributed by atoms with Crippen molar-refractivity contribution in [1.29, 1.82) is 5.26 Å². The maximum atomic E-state index is 12.2. The number of nitrogens with two attached hydrogens (primary N) is 1. The number of carbonyl (C=O) groups is 1. The zero-order valence-electron chi connectivity index (χ0n) is 26.2. The lowest BCUT2D eigenvalue weighted by molar-refractivity contribution is -0.126. The van der Waals surface area contributed by atoms with E-state index in [2.05, 4.69) is 39.6 Å². The second kappa shape index (κ2) is 12.7. The summed E-state index contributed by atoms with van der Waals surface area (Å²) in [5.41, 5.74) is 7.46. The van der Waals surface area contributed by atoms with E-state index >= 15 is 0 Å². The van der Waals surface area contributed by atoms with Gasteiger partial charge in [-0.05, 0) is 46.2 Å². The maximum absolute atomic E-state index is 12.2. The maximum Gasteiger partial charge on any atom is 0.319 e. The molecule has 2 N–H and O–H groups in total. The summed E-state index contributed by atoms with van der Waals surface area (Å²) in [4.78, 5) is 36.3. The molecule has 238 valence electrons. The smallest absolute Gasteiger partial charge is 0.319 e. The predicted molar refractivity (Wildman–Crippen MR) is 171 cm³/mol. The molecule has 5 heterocycles. The third-order valence-corrected chi connectivity index (χ3v) is 10.2. The Morgan fingerprint density at radius 2 is 1.98 bits per heavy atom. The zero-order chi connectivity index (χ0) is 31.7. The van der Waals surface area contributed by atoms with Crippen molar-refractivity contribution in [3.05, 3.63) is 40.6 Å². The fourth-order valence-corrected chi connectivity index (χ4v) is 7.69. The van der Waals surface area contributed by atoms with Crippen molar-refractivity contribution in [2.24, 2.45) is 0 Å². The number of piperazine rings is 2. The number of likely N-dealkylation sites (N-methyl/N-ethyl adjacent to an activating group) is 1. The number of amides is 1. The van der Waals surface area contributed by atoms with Gasteiger partial charge in [0.1, 0.15) is 28.7 Å². The van der Waals surface area contributed by atoms with E-state index in [9.17, 15) is 10.1 Å². The highest BCUT2D eigenvalue weighted by atomic mass is 32.1. The molecular formula is C31H40N10O3S. The van der Waals surface area contributed by atoms with Gasteiger partial charge in [0.05, 0.1) is 11.0 Å². The van der Waals surface area contributed by atoms with Gasteiger partial charge >= 0.3 is 6.01 Å². The SMILES string of the molecule is C=CC(=O)N1CCN(c2cc(-c3noc([C@@]4(C)CCCc5sc(N)c(C#N)c54)n3)nc(OC(C)CN3CCN(C)CC3)n2)CC1. The monoisotopic (exact) mass is 632 g/mol. The third kappa shape index (κ3) is 6.25. The molecular weight excluding hydrogens is 592 g/mol. The largest absolute Gasteiger partial charge is 0.459 e. The lowest BCUT2D eigenvalue weighted by atomic mass is 9.72. The normalized spacial score (nSPS) is 21.6. The van der Waals surface area contributed by atoms with E-state index in [0.29, 0.717) is 60.0 Å². The van der Waals surface area contributed by atoms with Crippen LogP contribution >= 0.6 is 11.3 Å². The Morgan fingerprint density at radius 3 is 2.69 bits per heavy atom. The molecule has 3 aromatic heterocycles. The Kier molecular flexibility index (Phi) is 8.76. The molecule has 2 aliphatic heterocycles. The first-order chi connectivity index (χ1) is 21.7. The van der Waals surface area contributed by atoms with Gasteiger partial charge < -0.3 is 29.7 Å². The number of hydrogen-bond acceptors (Lipinski definition) is 13. The average Bonchev–Trinajstić information content (AvgIpc) is 3.67. The number of thiophene rings is 1. The Balaban J connectivity index is 1.30. The minimum absolute atomic E-state index is 0.0783. The van der Waals surface area contributed by atoms with Crippen LogP contribution in [-0.2, 0) is 16.6 Å². The molecule has 1 aliphatic carbocycles. The molecule has 2 saturated heterocycles. The van der Waals surface area contributed by atoms with E-state index in [1.165, 1.54) is 17.4 Å². The summed E-state index contributed by atoms with van der Waals surface area (Å²) < 4.78 is 12.2. The van der Waals surface area contributed by atoms with Crippen molar-refractivity contribution in [1.82, 2.24) is 34.8 Å². The highest BCUT2D eigenvalue weighted by Crippen LogP contribution is 2.48. The number of nitrogens with zero attached hydrogens (tertiary/aromatic N) is 9. The van der Waals surface area contributed by atoms with Crippen LogP contribution in [0.3, 0.4) is 0 Å². The summed E-state index contributed by atoms with van der Waals surface area (Å²) in [5.74, 6) is 1.34. The molecule has 1 amide bonds. The highest BCUT2D eigenvalue weighted by molar-refractivity contribution is 7.16. The number of aromatic nitrogens is 4.